The Kier molecular flexibility index (Phi) is 7.51. The zero-order valence-corrected chi connectivity index (χ0v) is 13.0. The van der Waals surface area contributed by atoms with Crippen LogP contribution >= 0.6 is 0 Å². The zero-order valence-electron chi connectivity index (χ0n) is 13.0. The van der Waals surface area contributed by atoms with Gasteiger partial charge in [-0.05, 0) is 24.8 Å². The molecular weight excluding hydrogens is 268 g/mol. The largest absolute Gasteiger partial charge is 0.466 e. The topological polar surface area (TPSA) is 52.6 Å². The van der Waals surface area contributed by atoms with Crippen LogP contribution in [0.5, 0.6) is 0 Å². The number of hydrogen-bond donors (Lipinski definition) is 0. The van der Waals surface area contributed by atoms with Gasteiger partial charge in [0.25, 0.3) is 0 Å². The van der Waals surface area contributed by atoms with Crippen LogP contribution in [-0.2, 0) is 19.1 Å². The Balaban J connectivity index is 2.81. The normalized spacial score (nSPS) is 13.3. The molecule has 0 fully saturated rings. The standard InChI is InChI=1S/C17H24O4/c1-4-11-21-15(18)12-13(3)16(17(19)20-5-2)14-9-7-6-8-10-14/h6-10,13,16H,4-5,11-12H2,1-3H3/t13-,16+/m0/s1. The van der Waals surface area contributed by atoms with E-state index in [1.807, 2.05) is 44.2 Å². The number of hydrogen-bond acceptors (Lipinski definition) is 4. The van der Waals surface area contributed by atoms with E-state index in [2.05, 4.69) is 0 Å². The van der Waals surface area contributed by atoms with Crippen LogP contribution in [0.2, 0.25) is 0 Å². The first kappa shape index (κ1) is 17.2. The fourth-order valence-electron chi connectivity index (χ4n) is 2.24. The highest BCUT2D eigenvalue weighted by Gasteiger charge is 2.30. The third kappa shape index (κ3) is 5.58. The van der Waals surface area contributed by atoms with E-state index in [4.69, 9.17) is 9.47 Å². The molecule has 0 bridgehead atoms. The summed E-state index contributed by atoms with van der Waals surface area (Å²) < 4.78 is 10.2. The van der Waals surface area contributed by atoms with Crippen LogP contribution in [0.15, 0.2) is 30.3 Å². The summed E-state index contributed by atoms with van der Waals surface area (Å²) in [6.07, 6.45) is 0.998. The van der Waals surface area contributed by atoms with Gasteiger partial charge in [0.15, 0.2) is 0 Å². The van der Waals surface area contributed by atoms with E-state index in [1.165, 1.54) is 0 Å². The first-order valence-corrected chi connectivity index (χ1v) is 7.47. The van der Waals surface area contributed by atoms with Crippen molar-refractivity contribution in [1.82, 2.24) is 0 Å². The monoisotopic (exact) mass is 292 g/mol. The molecule has 0 heterocycles. The van der Waals surface area contributed by atoms with Crippen LogP contribution in [0.3, 0.4) is 0 Å². The SMILES string of the molecule is CCCOC(=O)C[C@H](C)[C@@H](C(=O)OCC)c1ccccc1. The molecule has 1 rings (SSSR count). The fraction of sp³-hybridized carbons (Fsp3) is 0.529. The van der Waals surface area contributed by atoms with Gasteiger partial charge < -0.3 is 9.47 Å². The van der Waals surface area contributed by atoms with E-state index in [9.17, 15) is 9.59 Å². The molecule has 0 aliphatic heterocycles. The van der Waals surface area contributed by atoms with Crippen molar-refractivity contribution >= 4 is 11.9 Å². The lowest BCUT2D eigenvalue weighted by molar-refractivity contribution is -0.148. The average molecular weight is 292 g/mol. The maximum atomic E-state index is 12.2. The Labute approximate surface area is 126 Å². The second kappa shape index (κ2) is 9.16. The van der Waals surface area contributed by atoms with Gasteiger partial charge in [0.1, 0.15) is 0 Å². The number of carbonyl (C=O) groups excluding carboxylic acids is 2. The van der Waals surface area contributed by atoms with E-state index < -0.39 is 5.92 Å². The van der Waals surface area contributed by atoms with E-state index in [-0.39, 0.29) is 24.3 Å². The zero-order chi connectivity index (χ0) is 15.7. The lowest BCUT2D eigenvalue weighted by Crippen LogP contribution is -2.25. The predicted octanol–water partition coefficient (Wildman–Crippen LogP) is 3.31. The maximum absolute atomic E-state index is 12.2. The molecule has 0 aliphatic rings. The van der Waals surface area contributed by atoms with Gasteiger partial charge in [-0.3, -0.25) is 9.59 Å². The molecule has 0 saturated carbocycles. The molecule has 0 aliphatic carbocycles. The van der Waals surface area contributed by atoms with Crippen LogP contribution in [0.4, 0.5) is 0 Å². The minimum Gasteiger partial charge on any atom is -0.466 e. The van der Waals surface area contributed by atoms with Gasteiger partial charge in [-0.25, -0.2) is 0 Å². The van der Waals surface area contributed by atoms with Crippen LogP contribution in [-0.4, -0.2) is 25.2 Å². The molecule has 0 radical (unpaired) electrons. The highest BCUT2D eigenvalue weighted by atomic mass is 16.5. The lowest BCUT2D eigenvalue weighted by atomic mass is 9.85. The second-order valence-electron chi connectivity index (χ2n) is 5.04. The van der Waals surface area contributed by atoms with Crippen LogP contribution in [0, 0.1) is 5.92 Å². The van der Waals surface area contributed by atoms with E-state index >= 15 is 0 Å². The van der Waals surface area contributed by atoms with Gasteiger partial charge in [0, 0.05) is 6.42 Å². The molecule has 2 atom stereocenters. The molecule has 21 heavy (non-hydrogen) atoms. The van der Waals surface area contributed by atoms with Crippen molar-refractivity contribution in [3.8, 4) is 0 Å². The van der Waals surface area contributed by atoms with Crippen molar-refractivity contribution in [3.05, 3.63) is 35.9 Å². The maximum Gasteiger partial charge on any atom is 0.313 e. The van der Waals surface area contributed by atoms with Gasteiger partial charge in [0.2, 0.25) is 0 Å². The Bertz CT molecular complexity index is 441. The summed E-state index contributed by atoms with van der Waals surface area (Å²) in [4.78, 5) is 24.0. The molecule has 1 aromatic carbocycles. The van der Waals surface area contributed by atoms with Gasteiger partial charge >= 0.3 is 11.9 Å². The van der Waals surface area contributed by atoms with E-state index in [0.717, 1.165) is 12.0 Å². The van der Waals surface area contributed by atoms with Crippen LogP contribution in [0.25, 0.3) is 0 Å². The molecule has 0 amide bonds. The molecule has 4 heteroatoms. The number of rotatable bonds is 8. The average Bonchev–Trinajstić information content (AvgIpc) is 2.46. The number of esters is 2. The Morgan fingerprint density at radius 2 is 1.76 bits per heavy atom. The lowest BCUT2D eigenvalue weighted by Gasteiger charge is -2.22. The molecule has 0 saturated heterocycles. The molecule has 0 spiro atoms. The van der Waals surface area contributed by atoms with Crippen molar-refractivity contribution in [2.75, 3.05) is 13.2 Å². The summed E-state index contributed by atoms with van der Waals surface area (Å²) in [5.41, 5.74) is 0.867. The van der Waals surface area contributed by atoms with Crippen molar-refractivity contribution in [1.29, 1.82) is 0 Å². The fourth-order valence-corrected chi connectivity index (χ4v) is 2.24. The van der Waals surface area contributed by atoms with Crippen molar-refractivity contribution < 1.29 is 19.1 Å². The van der Waals surface area contributed by atoms with E-state index in [0.29, 0.717) is 13.2 Å². The van der Waals surface area contributed by atoms with Crippen molar-refractivity contribution in [2.45, 2.75) is 39.5 Å². The third-order valence-corrected chi connectivity index (χ3v) is 3.22. The highest BCUT2D eigenvalue weighted by Crippen LogP contribution is 2.28. The second-order valence-corrected chi connectivity index (χ2v) is 5.04. The van der Waals surface area contributed by atoms with Gasteiger partial charge in [0.05, 0.1) is 19.1 Å². The van der Waals surface area contributed by atoms with Crippen LogP contribution in [0.1, 0.15) is 45.1 Å². The van der Waals surface area contributed by atoms with Crippen LogP contribution < -0.4 is 0 Å². The molecule has 116 valence electrons. The number of carbonyl (C=O) groups is 2. The molecular formula is C17H24O4. The quantitative estimate of drug-likeness (QED) is 0.690. The molecule has 4 nitrogen and oxygen atoms in total. The van der Waals surface area contributed by atoms with Crippen molar-refractivity contribution in [3.63, 3.8) is 0 Å². The molecule has 0 aromatic heterocycles. The predicted molar refractivity (Wildman–Crippen MR) is 80.8 cm³/mol. The summed E-state index contributed by atoms with van der Waals surface area (Å²) in [5, 5.41) is 0. The minimum absolute atomic E-state index is 0.171. The minimum atomic E-state index is -0.444. The van der Waals surface area contributed by atoms with Gasteiger partial charge in [-0.15, -0.1) is 0 Å². The Morgan fingerprint density at radius 3 is 2.33 bits per heavy atom. The first-order chi connectivity index (χ1) is 10.1. The highest BCUT2D eigenvalue weighted by molar-refractivity contribution is 5.80. The summed E-state index contributed by atoms with van der Waals surface area (Å²) in [6.45, 7) is 6.35. The summed E-state index contributed by atoms with van der Waals surface area (Å²) in [6, 6.07) is 9.42. The third-order valence-electron chi connectivity index (χ3n) is 3.22. The smallest absolute Gasteiger partial charge is 0.313 e. The molecule has 1 aromatic rings. The van der Waals surface area contributed by atoms with Crippen molar-refractivity contribution in [2.24, 2.45) is 5.92 Å². The number of benzene rings is 1. The van der Waals surface area contributed by atoms with Gasteiger partial charge in [-0.1, -0.05) is 44.2 Å². The summed E-state index contributed by atoms with van der Waals surface area (Å²) in [7, 11) is 0. The summed E-state index contributed by atoms with van der Waals surface area (Å²) >= 11 is 0. The Hall–Kier alpha value is -1.84. The number of ether oxygens (including phenoxy) is 2. The first-order valence-electron chi connectivity index (χ1n) is 7.47. The van der Waals surface area contributed by atoms with Gasteiger partial charge in [-0.2, -0.15) is 0 Å². The van der Waals surface area contributed by atoms with E-state index in [1.54, 1.807) is 6.92 Å². The molecule has 0 N–H and O–H groups in total. The Morgan fingerprint density at radius 1 is 1.10 bits per heavy atom. The summed E-state index contributed by atoms with van der Waals surface area (Å²) in [5.74, 6) is -1.18. The molecule has 0 unspecified atom stereocenters.